The second kappa shape index (κ2) is 7.41. The van der Waals surface area contributed by atoms with Gasteiger partial charge >= 0.3 is 0 Å². The Bertz CT molecular complexity index is 520. The molecule has 20 heavy (non-hydrogen) atoms. The summed E-state index contributed by atoms with van der Waals surface area (Å²) in [5.41, 5.74) is 2.28. The van der Waals surface area contributed by atoms with E-state index in [1.54, 1.807) is 11.3 Å². The molecule has 2 rings (SSSR count). The first-order valence-corrected chi connectivity index (χ1v) is 7.93. The van der Waals surface area contributed by atoms with E-state index < -0.39 is 0 Å². The summed E-state index contributed by atoms with van der Waals surface area (Å²) in [7, 11) is 0. The lowest BCUT2D eigenvalue weighted by molar-refractivity contribution is 0.302. The van der Waals surface area contributed by atoms with Gasteiger partial charge in [0.25, 0.3) is 0 Å². The van der Waals surface area contributed by atoms with Crippen molar-refractivity contribution >= 4 is 11.3 Å². The van der Waals surface area contributed by atoms with Gasteiger partial charge in [-0.2, -0.15) is 0 Å². The molecule has 0 aliphatic carbocycles. The van der Waals surface area contributed by atoms with Gasteiger partial charge in [-0.25, -0.2) is 4.98 Å². The van der Waals surface area contributed by atoms with Crippen LogP contribution < -0.4 is 10.1 Å². The van der Waals surface area contributed by atoms with Gasteiger partial charge in [0, 0.05) is 18.0 Å². The van der Waals surface area contributed by atoms with Crippen LogP contribution in [-0.4, -0.2) is 11.0 Å². The van der Waals surface area contributed by atoms with Gasteiger partial charge in [-0.3, -0.25) is 0 Å². The predicted molar refractivity (Wildman–Crippen MR) is 84.2 cm³/mol. The molecule has 0 spiro atoms. The molecule has 0 fully saturated rings. The molecule has 0 radical (unpaired) electrons. The van der Waals surface area contributed by atoms with Crippen LogP contribution in [0.25, 0.3) is 0 Å². The molecule has 1 aromatic carbocycles. The van der Waals surface area contributed by atoms with Gasteiger partial charge in [0.1, 0.15) is 12.4 Å². The lowest BCUT2D eigenvalue weighted by Gasteiger charge is -2.09. The van der Waals surface area contributed by atoms with Gasteiger partial charge in [-0.15, -0.1) is 11.3 Å². The van der Waals surface area contributed by atoms with E-state index in [4.69, 9.17) is 4.74 Å². The number of aryl methyl sites for hydroxylation is 1. The first-order valence-electron chi connectivity index (χ1n) is 7.05. The largest absolute Gasteiger partial charge is 0.487 e. The van der Waals surface area contributed by atoms with Crippen molar-refractivity contribution in [3.05, 3.63) is 45.9 Å². The van der Waals surface area contributed by atoms with Crippen molar-refractivity contribution < 1.29 is 4.74 Å². The summed E-state index contributed by atoms with van der Waals surface area (Å²) < 4.78 is 5.75. The summed E-state index contributed by atoms with van der Waals surface area (Å²) in [6, 6.07) is 8.74. The predicted octanol–water partition coefficient (Wildman–Crippen LogP) is 3.78. The first kappa shape index (κ1) is 15.0. The van der Waals surface area contributed by atoms with Crippen molar-refractivity contribution in [3.63, 3.8) is 0 Å². The molecular formula is C16H22N2OS. The number of nitrogens with zero attached hydrogens (tertiary/aromatic N) is 1. The Kier molecular flexibility index (Phi) is 5.56. The van der Waals surface area contributed by atoms with Gasteiger partial charge in [0.2, 0.25) is 0 Å². The zero-order valence-electron chi connectivity index (χ0n) is 12.3. The Labute approximate surface area is 125 Å². The Morgan fingerprint density at radius 1 is 1.25 bits per heavy atom. The fourth-order valence-electron chi connectivity index (χ4n) is 1.76. The van der Waals surface area contributed by atoms with E-state index in [2.05, 4.69) is 48.6 Å². The lowest BCUT2D eigenvalue weighted by Crippen LogP contribution is -2.21. The van der Waals surface area contributed by atoms with Gasteiger partial charge < -0.3 is 10.1 Å². The molecule has 1 aromatic heterocycles. The van der Waals surface area contributed by atoms with E-state index in [9.17, 15) is 0 Å². The number of rotatable bonds is 7. The Morgan fingerprint density at radius 3 is 2.60 bits per heavy atom. The van der Waals surface area contributed by atoms with Crippen molar-refractivity contribution in [1.29, 1.82) is 0 Å². The van der Waals surface area contributed by atoms with Gasteiger partial charge in [0.15, 0.2) is 0 Å². The molecule has 108 valence electrons. The van der Waals surface area contributed by atoms with Crippen LogP contribution in [0.4, 0.5) is 0 Å². The smallest absolute Gasteiger partial charge is 0.131 e. The molecule has 0 aliphatic rings. The SMILES string of the molecule is CCc1nc(COc2ccc(CNC(C)C)cc2)cs1. The van der Waals surface area contributed by atoms with Crippen molar-refractivity contribution in [3.8, 4) is 5.75 Å². The molecule has 3 nitrogen and oxygen atoms in total. The average Bonchev–Trinajstić information content (AvgIpc) is 2.92. The van der Waals surface area contributed by atoms with Crippen LogP contribution in [-0.2, 0) is 19.6 Å². The van der Waals surface area contributed by atoms with Crippen molar-refractivity contribution in [2.45, 2.75) is 46.4 Å². The number of thiazole rings is 1. The Hall–Kier alpha value is -1.39. The van der Waals surface area contributed by atoms with Crippen LogP contribution in [0.3, 0.4) is 0 Å². The van der Waals surface area contributed by atoms with Crippen LogP contribution in [0, 0.1) is 0 Å². The molecular weight excluding hydrogens is 268 g/mol. The van der Waals surface area contributed by atoms with Crippen LogP contribution in [0.15, 0.2) is 29.6 Å². The second-order valence-electron chi connectivity index (χ2n) is 5.05. The number of benzene rings is 1. The third-order valence-electron chi connectivity index (χ3n) is 2.93. The monoisotopic (exact) mass is 290 g/mol. The molecule has 0 aliphatic heterocycles. The number of aromatic nitrogens is 1. The first-order chi connectivity index (χ1) is 9.67. The highest BCUT2D eigenvalue weighted by atomic mass is 32.1. The average molecular weight is 290 g/mol. The molecule has 0 amide bonds. The fourth-order valence-corrected chi connectivity index (χ4v) is 2.49. The quantitative estimate of drug-likeness (QED) is 0.842. The number of nitrogens with one attached hydrogen (secondary N) is 1. The lowest BCUT2D eigenvalue weighted by atomic mass is 10.2. The highest BCUT2D eigenvalue weighted by molar-refractivity contribution is 7.09. The van der Waals surface area contributed by atoms with Crippen LogP contribution >= 0.6 is 11.3 Å². The summed E-state index contributed by atoms with van der Waals surface area (Å²) in [4.78, 5) is 4.49. The van der Waals surface area contributed by atoms with E-state index in [0.717, 1.165) is 24.4 Å². The normalized spacial score (nSPS) is 11.0. The number of hydrogen-bond donors (Lipinski definition) is 1. The van der Waals surface area contributed by atoms with Crippen molar-refractivity contribution in [2.75, 3.05) is 0 Å². The van der Waals surface area contributed by atoms with E-state index >= 15 is 0 Å². The topological polar surface area (TPSA) is 34.1 Å². The minimum absolute atomic E-state index is 0.503. The van der Waals surface area contributed by atoms with Crippen LogP contribution in [0.1, 0.15) is 37.0 Å². The van der Waals surface area contributed by atoms with Gasteiger partial charge in [-0.1, -0.05) is 32.9 Å². The minimum Gasteiger partial charge on any atom is -0.487 e. The molecule has 0 atom stereocenters. The third kappa shape index (κ3) is 4.62. The standard InChI is InChI=1S/C16H22N2OS/c1-4-16-18-14(11-20-16)10-19-15-7-5-13(6-8-15)9-17-12(2)3/h5-8,11-12,17H,4,9-10H2,1-3H3. The van der Waals surface area contributed by atoms with E-state index in [0.29, 0.717) is 12.6 Å². The maximum Gasteiger partial charge on any atom is 0.131 e. The van der Waals surface area contributed by atoms with Crippen LogP contribution in [0.5, 0.6) is 5.75 Å². The number of hydrogen-bond acceptors (Lipinski definition) is 4. The van der Waals surface area contributed by atoms with Crippen LogP contribution in [0.2, 0.25) is 0 Å². The molecule has 0 bridgehead atoms. The summed E-state index contributed by atoms with van der Waals surface area (Å²) in [5, 5.41) is 6.63. The van der Waals surface area contributed by atoms with E-state index in [1.165, 1.54) is 10.6 Å². The minimum atomic E-state index is 0.503. The molecule has 2 aromatic rings. The second-order valence-corrected chi connectivity index (χ2v) is 6.00. The van der Waals surface area contributed by atoms with Gasteiger partial charge in [-0.05, 0) is 24.1 Å². The zero-order chi connectivity index (χ0) is 14.4. The Morgan fingerprint density at radius 2 is 2.00 bits per heavy atom. The molecule has 1 N–H and O–H groups in total. The molecule has 4 heteroatoms. The van der Waals surface area contributed by atoms with Gasteiger partial charge in [0.05, 0.1) is 10.7 Å². The molecule has 0 saturated carbocycles. The summed E-state index contributed by atoms with van der Waals surface area (Å²) in [6.45, 7) is 7.85. The fraction of sp³-hybridized carbons (Fsp3) is 0.438. The Balaban J connectivity index is 1.84. The zero-order valence-corrected chi connectivity index (χ0v) is 13.2. The summed E-state index contributed by atoms with van der Waals surface area (Å²) in [5.74, 6) is 0.893. The highest BCUT2D eigenvalue weighted by Gasteiger charge is 2.02. The van der Waals surface area contributed by atoms with Crippen molar-refractivity contribution in [1.82, 2.24) is 10.3 Å². The highest BCUT2D eigenvalue weighted by Crippen LogP contribution is 2.16. The summed E-state index contributed by atoms with van der Waals surface area (Å²) in [6.07, 6.45) is 0.988. The van der Waals surface area contributed by atoms with E-state index in [-0.39, 0.29) is 0 Å². The molecule has 0 saturated heterocycles. The number of ether oxygens (including phenoxy) is 1. The van der Waals surface area contributed by atoms with Crippen molar-refractivity contribution in [2.24, 2.45) is 0 Å². The van der Waals surface area contributed by atoms with E-state index in [1.807, 2.05) is 12.1 Å². The third-order valence-corrected chi connectivity index (χ3v) is 3.97. The maximum absolute atomic E-state index is 5.75. The molecule has 1 heterocycles. The summed E-state index contributed by atoms with van der Waals surface area (Å²) >= 11 is 1.70. The molecule has 0 unspecified atom stereocenters. The maximum atomic E-state index is 5.75.